The van der Waals surface area contributed by atoms with E-state index in [4.69, 9.17) is 0 Å². The number of H-pyrrole nitrogens is 1. The van der Waals surface area contributed by atoms with Crippen LogP contribution in [0.25, 0.3) is 11.4 Å². The maximum Gasteiger partial charge on any atom is 0.269 e. The van der Waals surface area contributed by atoms with Crippen LogP contribution < -0.4 is 16.4 Å². The standard InChI is InChI=1S/C26H24N8O3/c1-16-21(17(2)28-26(37)22(16)14-27)12-13-23(35)29-31-25(36)20-10-8-18(9-11-20)15-34-32-24(30-33-34)19-6-4-3-5-7-19/h3-11H,12-13,15H2,1-2H3,(H,28,37)(H,29,35)(H,31,36). The molecule has 0 aliphatic rings. The molecule has 4 aromatic rings. The Labute approximate surface area is 212 Å². The molecule has 3 N–H and O–H groups in total. The average molecular weight is 497 g/mol. The fourth-order valence-corrected chi connectivity index (χ4v) is 3.86. The molecule has 11 nitrogen and oxygen atoms in total. The van der Waals surface area contributed by atoms with E-state index in [0.717, 1.165) is 16.7 Å². The monoisotopic (exact) mass is 496 g/mol. The second-order valence-electron chi connectivity index (χ2n) is 8.38. The zero-order valence-electron chi connectivity index (χ0n) is 20.3. The number of aryl methyl sites for hydroxylation is 1. The quantitative estimate of drug-likeness (QED) is 0.330. The number of tetrazole rings is 1. The molecule has 0 aliphatic carbocycles. The van der Waals surface area contributed by atoms with Gasteiger partial charge in [0.15, 0.2) is 0 Å². The van der Waals surface area contributed by atoms with Gasteiger partial charge in [-0.25, -0.2) is 0 Å². The van der Waals surface area contributed by atoms with Crippen LogP contribution in [-0.2, 0) is 17.8 Å². The average Bonchev–Trinajstić information content (AvgIpc) is 3.36. The molecule has 0 radical (unpaired) electrons. The topological polar surface area (TPSA) is 158 Å². The van der Waals surface area contributed by atoms with Crippen LogP contribution in [-0.4, -0.2) is 37.0 Å². The molecule has 2 aromatic carbocycles. The molecule has 0 spiro atoms. The highest BCUT2D eigenvalue weighted by Crippen LogP contribution is 2.15. The Hall–Kier alpha value is -5.11. The van der Waals surface area contributed by atoms with Crippen molar-refractivity contribution >= 4 is 11.8 Å². The second-order valence-corrected chi connectivity index (χ2v) is 8.38. The van der Waals surface area contributed by atoms with Crippen molar-refractivity contribution in [1.82, 2.24) is 36.0 Å². The van der Waals surface area contributed by atoms with Gasteiger partial charge >= 0.3 is 0 Å². The summed E-state index contributed by atoms with van der Waals surface area (Å²) >= 11 is 0. The summed E-state index contributed by atoms with van der Waals surface area (Å²) in [5.74, 6) is -0.336. The van der Waals surface area contributed by atoms with E-state index in [1.165, 1.54) is 4.80 Å². The molecule has 4 rings (SSSR count). The Bertz CT molecular complexity index is 1530. The number of aromatic nitrogens is 5. The predicted molar refractivity (Wildman–Crippen MR) is 134 cm³/mol. The summed E-state index contributed by atoms with van der Waals surface area (Å²) < 4.78 is 0. The van der Waals surface area contributed by atoms with Crippen LogP contribution in [0.4, 0.5) is 0 Å². The van der Waals surface area contributed by atoms with Crippen molar-refractivity contribution in [2.24, 2.45) is 0 Å². The van der Waals surface area contributed by atoms with Gasteiger partial charge in [-0.3, -0.25) is 25.2 Å². The van der Waals surface area contributed by atoms with Crippen molar-refractivity contribution in [2.45, 2.75) is 33.2 Å². The number of carbonyl (C=O) groups excluding carboxylic acids is 2. The molecular weight excluding hydrogens is 472 g/mol. The minimum absolute atomic E-state index is 0.0361. The molecule has 0 saturated heterocycles. The molecule has 0 saturated carbocycles. The van der Waals surface area contributed by atoms with E-state index in [9.17, 15) is 19.6 Å². The molecule has 0 unspecified atom stereocenters. The minimum Gasteiger partial charge on any atom is -0.325 e. The van der Waals surface area contributed by atoms with Crippen LogP contribution in [0.5, 0.6) is 0 Å². The van der Waals surface area contributed by atoms with Gasteiger partial charge in [-0.15, -0.1) is 10.2 Å². The van der Waals surface area contributed by atoms with E-state index < -0.39 is 17.4 Å². The molecule has 2 amide bonds. The van der Waals surface area contributed by atoms with Gasteiger partial charge in [-0.2, -0.15) is 10.1 Å². The molecular formula is C26H24N8O3. The Morgan fingerprint density at radius 1 is 1.05 bits per heavy atom. The third kappa shape index (κ3) is 5.94. The van der Waals surface area contributed by atoms with Gasteiger partial charge in [0, 0.05) is 23.2 Å². The molecule has 2 aromatic heterocycles. The Morgan fingerprint density at radius 2 is 1.78 bits per heavy atom. The van der Waals surface area contributed by atoms with E-state index in [1.54, 1.807) is 38.1 Å². The fourth-order valence-electron chi connectivity index (χ4n) is 3.86. The molecule has 186 valence electrons. The van der Waals surface area contributed by atoms with Crippen molar-refractivity contribution in [1.29, 1.82) is 5.26 Å². The van der Waals surface area contributed by atoms with E-state index in [2.05, 4.69) is 31.2 Å². The van der Waals surface area contributed by atoms with Crippen molar-refractivity contribution in [3.05, 3.63) is 98.5 Å². The number of hydrogen-bond acceptors (Lipinski definition) is 7. The molecule has 0 atom stereocenters. The largest absolute Gasteiger partial charge is 0.325 e. The van der Waals surface area contributed by atoms with Crippen molar-refractivity contribution in [2.75, 3.05) is 0 Å². The molecule has 0 bridgehead atoms. The first-order valence-electron chi connectivity index (χ1n) is 11.5. The van der Waals surface area contributed by atoms with Crippen LogP contribution in [0.2, 0.25) is 0 Å². The molecule has 2 heterocycles. The van der Waals surface area contributed by atoms with Crippen LogP contribution in [0.3, 0.4) is 0 Å². The lowest BCUT2D eigenvalue weighted by Gasteiger charge is -2.11. The summed E-state index contributed by atoms with van der Waals surface area (Å²) in [4.78, 5) is 40.7. The lowest BCUT2D eigenvalue weighted by molar-refractivity contribution is -0.121. The van der Waals surface area contributed by atoms with Crippen LogP contribution in [0, 0.1) is 25.2 Å². The number of hydrazine groups is 1. The number of nitriles is 1. The first kappa shape index (κ1) is 25.0. The number of amides is 2. The van der Waals surface area contributed by atoms with Crippen molar-refractivity contribution < 1.29 is 9.59 Å². The molecule has 37 heavy (non-hydrogen) atoms. The van der Waals surface area contributed by atoms with E-state index in [1.807, 2.05) is 36.4 Å². The lowest BCUT2D eigenvalue weighted by atomic mass is 9.99. The van der Waals surface area contributed by atoms with Crippen LogP contribution in [0.1, 0.15) is 44.7 Å². The first-order chi connectivity index (χ1) is 17.9. The van der Waals surface area contributed by atoms with E-state index >= 15 is 0 Å². The van der Waals surface area contributed by atoms with Gasteiger partial charge in [0.25, 0.3) is 11.5 Å². The number of hydrogen-bond donors (Lipinski definition) is 3. The van der Waals surface area contributed by atoms with E-state index in [0.29, 0.717) is 35.6 Å². The zero-order valence-corrected chi connectivity index (χ0v) is 20.3. The Morgan fingerprint density at radius 3 is 2.49 bits per heavy atom. The number of aromatic amines is 1. The number of nitrogens with one attached hydrogen (secondary N) is 3. The van der Waals surface area contributed by atoms with Gasteiger partial charge in [0.1, 0.15) is 11.6 Å². The molecule has 11 heteroatoms. The van der Waals surface area contributed by atoms with E-state index in [-0.39, 0.29) is 12.0 Å². The second kappa shape index (κ2) is 11.1. The Kier molecular flexibility index (Phi) is 7.49. The number of benzene rings is 2. The number of carbonyl (C=O) groups is 2. The third-order valence-electron chi connectivity index (χ3n) is 5.86. The smallest absolute Gasteiger partial charge is 0.269 e. The van der Waals surface area contributed by atoms with Gasteiger partial charge in [-0.1, -0.05) is 42.5 Å². The highest BCUT2D eigenvalue weighted by atomic mass is 16.2. The predicted octanol–water partition coefficient (Wildman–Crippen LogP) is 1.96. The SMILES string of the molecule is Cc1[nH]c(=O)c(C#N)c(C)c1CCC(=O)NNC(=O)c1ccc(Cn2nnc(-c3ccccc3)n2)cc1. The molecule has 0 aliphatic heterocycles. The summed E-state index contributed by atoms with van der Waals surface area (Å²) in [7, 11) is 0. The maximum absolute atomic E-state index is 12.4. The normalized spacial score (nSPS) is 10.5. The van der Waals surface area contributed by atoms with Gasteiger partial charge in [-0.05, 0) is 54.3 Å². The summed E-state index contributed by atoms with van der Waals surface area (Å²) in [6.07, 6.45) is 0.371. The van der Waals surface area contributed by atoms with Crippen molar-refractivity contribution in [3.8, 4) is 17.5 Å². The zero-order chi connectivity index (χ0) is 26.4. The summed E-state index contributed by atoms with van der Waals surface area (Å²) in [6, 6.07) is 18.3. The number of rotatable bonds is 7. The summed E-state index contributed by atoms with van der Waals surface area (Å²) in [5, 5.41) is 21.7. The minimum atomic E-state index is -0.465. The molecule has 0 fully saturated rings. The van der Waals surface area contributed by atoms with Gasteiger partial charge in [0.05, 0.1) is 6.54 Å². The summed E-state index contributed by atoms with van der Waals surface area (Å²) in [5.41, 5.74) is 8.39. The van der Waals surface area contributed by atoms with Crippen LogP contribution in [0.15, 0.2) is 59.4 Å². The van der Waals surface area contributed by atoms with Gasteiger partial charge < -0.3 is 4.98 Å². The fraction of sp³-hybridized carbons (Fsp3) is 0.192. The third-order valence-corrected chi connectivity index (χ3v) is 5.86. The Balaban J connectivity index is 1.29. The first-order valence-corrected chi connectivity index (χ1v) is 11.5. The highest BCUT2D eigenvalue weighted by molar-refractivity contribution is 5.95. The highest BCUT2D eigenvalue weighted by Gasteiger charge is 2.14. The maximum atomic E-state index is 12.4. The number of pyridine rings is 1. The van der Waals surface area contributed by atoms with Gasteiger partial charge in [0.2, 0.25) is 11.7 Å². The van der Waals surface area contributed by atoms with Crippen molar-refractivity contribution in [3.63, 3.8) is 0 Å². The van der Waals surface area contributed by atoms with Crippen LogP contribution >= 0.6 is 0 Å². The lowest BCUT2D eigenvalue weighted by Crippen LogP contribution is -2.41. The summed E-state index contributed by atoms with van der Waals surface area (Å²) in [6.45, 7) is 3.78. The number of nitrogens with zero attached hydrogens (tertiary/aromatic N) is 5.